The third kappa shape index (κ3) is 4.84. The van der Waals surface area contributed by atoms with Gasteiger partial charge in [-0.2, -0.15) is 5.10 Å². The third-order valence-corrected chi connectivity index (χ3v) is 4.22. The van der Waals surface area contributed by atoms with E-state index in [1.165, 1.54) is 0 Å². The number of carbonyl (C=O) groups excluding carboxylic acids is 2. The van der Waals surface area contributed by atoms with Gasteiger partial charge in [0.15, 0.2) is 11.8 Å². The summed E-state index contributed by atoms with van der Waals surface area (Å²) in [6.45, 7) is 14.2. The molecule has 7 heteroatoms. The highest BCUT2D eigenvalue weighted by Gasteiger charge is 2.23. The van der Waals surface area contributed by atoms with E-state index in [-0.39, 0.29) is 17.9 Å². The van der Waals surface area contributed by atoms with Crippen LogP contribution in [0.25, 0.3) is 11.0 Å². The number of aromatic nitrogens is 3. The molecule has 2 heterocycles. The third-order valence-electron chi connectivity index (χ3n) is 4.22. The van der Waals surface area contributed by atoms with Gasteiger partial charge < -0.3 is 10.1 Å². The molecule has 0 unspecified atom stereocenters. The maximum Gasteiger partial charge on any atom is 0.339 e. The van der Waals surface area contributed by atoms with Crippen molar-refractivity contribution in [2.45, 2.75) is 66.5 Å². The predicted octanol–water partition coefficient (Wildman–Crippen LogP) is 3.45. The van der Waals surface area contributed by atoms with Crippen LogP contribution in [0.2, 0.25) is 0 Å². The van der Waals surface area contributed by atoms with Crippen LogP contribution in [0.1, 0.15) is 76.5 Å². The van der Waals surface area contributed by atoms with Crippen LogP contribution < -0.4 is 5.32 Å². The van der Waals surface area contributed by atoms with Gasteiger partial charge in [0.1, 0.15) is 0 Å². The first-order valence-corrected chi connectivity index (χ1v) is 9.48. The molecule has 0 bridgehead atoms. The summed E-state index contributed by atoms with van der Waals surface area (Å²) < 4.78 is 7.22. The number of pyridine rings is 1. The van der Waals surface area contributed by atoms with Crippen LogP contribution in [-0.2, 0) is 9.53 Å². The van der Waals surface area contributed by atoms with E-state index >= 15 is 0 Å². The normalized spacial score (nSPS) is 12.8. The fourth-order valence-electron chi connectivity index (χ4n) is 2.61. The smallest absolute Gasteiger partial charge is 0.339 e. The Labute approximate surface area is 160 Å². The first-order chi connectivity index (χ1) is 12.6. The number of carbonyl (C=O) groups is 2. The molecule has 0 aromatic carbocycles. The highest BCUT2D eigenvalue weighted by molar-refractivity contribution is 6.03. The fourth-order valence-corrected chi connectivity index (χ4v) is 2.61. The molecule has 1 N–H and O–H groups in total. The molecule has 0 aliphatic carbocycles. The molecule has 2 aromatic rings. The van der Waals surface area contributed by atoms with E-state index in [2.05, 4.69) is 15.4 Å². The second-order valence-electron chi connectivity index (χ2n) is 7.86. The lowest BCUT2D eigenvalue weighted by atomic mass is 10.1. The van der Waals surface area contributed by atoms with Crippen molar-refractivity contribution in [3.63, 3.8) is 0 Å². The van der Waals surface area contributed by atoms with Crippen LogP contribution in [0.4, 0.5) is 0 Å². The van der Waals surface area contributed by atoms with Crippen molar-refractivity contribution in [1.29, 1.82) is 0 Å². The van der Waals surface area contributed by atoms with Crippen molar-refractivity contribution in [2.24, 2.45) is 5.92 Å². The molecule has 0 aliphatic rings. The van der Waals surface area contributed by atoms with Gasteiger partial charge in [-0.25, -0.2) is 14.5 Å². The maximum atomic E-state index is 12.8. The van der Waals surface area contributed by atoms with Gasteiger partial charge in [-0.15, -0.1) is 0 Å². The van der Waals surface area contributed by atoms with Crippen LogP contribution in [0.3, 0.4) is 0 Å². The van der Waals surface area contributed by atoms with E-state index in [0.29, 0.717) is 29.1 Å². The number of fused-ring (bicyclic) bond motifs is 1. The Balaban J connectivity index is 2.33. The zero-order valence-electron chi connectivity index (χ0n) is 17.2. The van der Waals surface area contributed by atoms with Gasteiger partial charge in [-0.3, -0.25) is 4.79 Å². The number of ether oxygens (including phenoxy) is 1. The Kier molecular flexibility index (Phi) is 6.57. The summed E-state index contributed by atoms with van der Waals surface area (Å²) in [7, 11) is 0. The van der Waals surface area contributed by atoms with Crippen molar-refractivity contribution in [3.8, 4) is 0 Å². The highest BCUT2D eigenvalue weighted by Crippen LogP contribution is 2.25. The van der Waals surface area contributed by atoms with Gasteiger partial charge in [-0.1, -0.05) is 27.7 Å². The molecule has 0 aliphatic heterocycles. The predicted molar refractivity (Wildman–Crippen MR) is 105 cm³/mol. The van der Waals surface area contributed by atoms with Crippen LogP contribution >= 0.6 is 0 Å². The number of amides is 1. The van der Waals surface area contributed by atoms with E-state index in [1.54, 1.807) is 23.9 Å². The molecule has 0 fully saturated rings. The summed E-state index contributed by atoms with van der Waals surface area (Å²) in [4.78, 5) is 29.6. The summed E-state index contributed by atoms with van der Waals surface area (Å²) in [5.41, 5.74) is 1.83. The summed E-state index contributed by atoms with van der Waals surface area (Å²) in [5, 5.41) is 7.78. The van der Waals surface area contributed by atoms with Crippen LogP contribution in [0, 0.1) is 5.92 Å². The molecule has 0 radical (unpaired) electrons. The minimum Gasteiger partial charge on any atom is -0.449 e. The van der Waals surface area contributed by atoms with Crippen LogP contribution in [0.15, 0.2) is 12.3 Å². The first-order valence-electron chi connectivity index (χ1n) is 9.48. The topological polar surface area (TPSA) is 86.1 Å². The second-order valence-corrected chi connectivity index (χ2v) is 7.86. The summed E-state index contributed by atoms with van der Waals surface area (Å²) in [6, 6.07) is 1.85. The number of esters is 1. The van der Waals surface area contributed by atoms with E-state index < -0.39 is 12.1 Å². The molecule has 2 rings (SSSR count). The van der Waals surface area contributed by atoms with Gasteiger partial charge in [0.2, 0.25) is 0 Å². The van der Waals surface area contributed by atoms with E-state index in [0.717, 1.165) is 5.69 Å². The molecule has 1 atom stereocenters. The van der Waals surface area contributed by atoms with Crippen molar-refractivity contribution in [3.05, 3.63) is 23.5 Å². The number of nitrogens with zero attached hydrogens (tertiary/aromatic N) is 3. The highest BCUT2D eigenvalue weighted by atomic mass is 16.5. The Morgan fingerprint density at radius 3 is 2.37 bits per heavy atom. The quantitative estimate of drug-likeness (QED) is 0.750. The minimum absolute atomic E-state index is 0.113. The van der Waals surface area contributed by atoms with Gasteiger partial charge in [0.25, 0.3) is 5.91 Å². The Hall–Kier alpha value is -2.44. The molecular formula is C20H30N4O3. The van der Waals surface area contributed by atoms with Crippen molar-refractivity contribution < 1.29 is 14.3 Å². The van der Waals surface area contributed by atoms with Crippen molar-refractivity contribution >= 4 is 22.9 Å². The van der Waals surface area contributed by atoms with E-state index in [4.69, 9.17) is 4.74 Å². The van der Waals surface area contributed by atoms with E-state index in [1.807, 2.05) is 41.5 Å². The molecular weight excluding hydrogens is 344 g/mol. The van der Waals surface area contributed by atoms with Crippen molar-refractivity contribution in [2.75, 3.05) is 6.54 Å². The average Bonchev–Trinajstić information content (AvgIpc) is 3.02. The largest absolute Gasteiger partial charge is 0.449 e. The number of hydrogen-bond donors (Lipinski definition) is 1. The van der Waals surface area contributed by atoms with Crippen molar-refractivity contribution in [1.82, 2.24) is 20.1 Å². The standard InChI is InChI=1S/C20H30N4O3/c1-11(2)9-21-19(25)14(7)27-20(26)15-8-17(12(3)4)23-18-16(15)10-22-24(18)13(5)6/h8,10-14H,9H2,1-7H3,(H,21,25)/t14-/m1/s1. The zero-order valence-corrected chi connectivity index (χ0v) is 17.2. The Morgan fingerprint density at radius 1 is 1.15 bits per heavy atom. The lowest BCUT2D eigenvalue weighted by Crippen LogP contribution is -2.37. The fraction of sp³-hybridized carbons (Fsp3) is 0.600. The van der Waals surface area contributed by atoms with Crippen LogP contribution in [0.5, 0.6) is 0 Å². The lowest BCUT2D eigenvalue weighted by molar-refractivity contribution is -0.129. The van der Waals surface area contributed by atoms with Crippen LogP contribution in [-0.4, -0.2) is 39.3 Å². The SMILES string of the molecule is CC(C)CNC(=O)[C@@H](C)OC(=O)c1cc(C(C)C)nc2c1cnn2C(C)C. The second kappa shape index (κ2) is 8.50. The lowest BCUT2D eigenvalue weighted by Gasteiger charge is -2.16. The average molecular weight is 374 g/mol. The molecule has 1 amide bonds. The Bertz CT molecular complexity index is 824. The number of nitrogens with one attached hydrogen (secondary N) is 1. The molecule has 0 saturated heterocycles. The first kappa shape index (κ1) is 20.9. The maximum absolute atomic E-state index is 12.8. The molecule has 148 valence electrons. The van der Waals surface area contributed by atoms with Gasteiger partial charge >= 0.3 is 5.97 Å². The number of rotatable bonds is 7. The molecule has 0 saturated carbocycles. The summed E-state index contributed by atoms with van der Waals surface area (Å²) >= 11 is 0. The minimum atomic E-state index is -0.873. The van der Waals surface area contributed by atoms with Gasteiger partial charge in [0, 0.05) is 18.3 Å². The molecule has 27 heavy (non-hydrogen) atoms. The molecule has 7 nitrogen and oxygen atoms in total. The molecule has 0 spiro atoms. The zero-order chi connectivity index (χ0) is 20.3. The van der Waals surface area contributed by atoms with Gasteiger partial charge in [-0.05, 0) is 38.7 Å². The molecule has 2 aromatic heterocycles. The summed E-state index contributed by atoms with van der Waals surface area (Å²) in [6.07, 6.45) is 0.758. The van der Waals surface area contributed by atoms with Gasteiger partial charge in [0.05, 0.1) is 17.1 Å². The monoisotopic (exact) mass is 374 g/mol. The van der Waals surface area contributed by atoms with E-state index in [9.17, 15) is 9.59 Å². The Morgan fingerprint density at radius 2 is 1.81 bits per heavy atom. The number of hydrogen-bond acceptors (Lipinski definition) is 5. The summed E-state index contributed by atoms with van der Waals surface area (Å²) in [5.74, 6) is -0.375.